The average Bonchev–Trinajstić information content (AvgIpc) is 2.86. The van der Waals surface area contributed by atoms with Crippen LogP contribution in [0.2, 0.25) is 0 Å². The van der Waals surface area contributed by atoms with Crippen LogP contribution in [0.4, 0.5) is 0 Å². The van der Waals surface area contributed by atoms with Crippen LogP contribution < -0.4 is 0 Å². The highest BCUT2D eigenvalue weighted by molar-refractivity contribution is 7.10. The largest absolute Gasteiger partial charge is 0.291 e. The molecule has 1 aliphatic carbocycles. The molecule has 76 valence electrons. The van der Waals surface area contributed by atoms with Crippen molar-refractivity contribution < 1.29 is 4.79 Å². The Morgan fingerprint density at radius 3 is 2.93 bits per heavy atom. The first-order valence-corrected chi connectivity index (χ1v) is 6.27. The summed E-state index contributed by atoms with van der Waals surface area (Å²) in [5.74, 6) is 0.567. The van der Waals surface area contributed by atoms with Crippen molar-refractivity contribution in [1.82, 2.24) is 4.98 Å². The van der Waals surface area contributed by atoms with Crippen LogP contribution in [0.1, 0.15) is 47.1 Å². The van der Waals surface area contributed by atoms with E-state index in [9.17, 15) is 4.79 Å². The number of rotatable bonds is 3. The number of carbonyl (C=O) groups excluding carboxylic acids is 1. The Morgan fingerprint density at radius 2 is 2.29 bits per heavy atom. The molecule has 0 aromatic carbocycles. The Labute approximate surface area is 92.3 Å². The third-order valence-corrected chi connectivity index (χ3v) is 3.88. The Balaban J connectivity index is 2.12. The van der Waals surface area contributed by atoms with E-state index in [1.165, 1.54) is 25.7 Å². The van der Waals surface area contributed by atoms with Gasteiger partial charge >= 0.3 is 0 Å². The van der Waals surface area contributed by atoms with Crippen LogP contribution in [0.15, 0.2) is 5.38 Å². The molecule has 0 bridgehead atoms. The highest BCUT2D eigenvalue weighted by Gasteiger charge is 2.21. The van der Waals surface area contributed by atoms with E-state index in [4.69, 9.17) is 11.6 Å². The van der Waals surface area contributed by atoms with Gasteiger partial charge in [-0.25, -0.2) is 4.98 Å². The van der Waals surface area contributed by atoms with Crippen LogP contribution in [-0.4, -0.2) is 16.6 Å². The van der Waals surface area contributed by atoms with Crippen LogP contribution in [0.3, 0.4) is 0 Å². The predicted molar refractivity (Wildman–Crippen MR) is 58.4 cm³/mol. The van der Waals surface area contributed by atoms with E-state index in [2.05, 4.69) is 4.98 Å². The number of Topliss-reactive ketones (excluding diaryl/α,β-unsaturated/α-hetero) is 1. The van der Waals surface area contributed by atoms with Crippen molar-refractivity contribution in [3.63, 3.8) is 0 Å². The summed E-state index contributed by atoms with van der Waals surface area (Å²) in [6.45, 7) is 0. The van der Waals surface area contributed by atoms with E-state index in [1.54, 1.807) is 11.3 Å². The molecule has 1 aliphatic rings. The molecule has 1 saturated carbocycles. The molecule has 0 N–H and O–H groups in total. The van der Waals surface area contributed by atoms with Gasteiger partial charge in [0.25, 0.3) is 0 Å². The van der Waals surface area contributed by atoms with Gasteiger partial charge in [0.15, 0.2) is 5.78 Å². The maximum Gasteiger partial charge on any atom is 0.196 e. The molecule has 0 unspecified atom stereocenters. The number of hydrogen-bond donors (Lipinski definition) is 0. The van der Waals surface area contributed by atoms with Gasteiger partial charge in [-0.3, -0.25) is 4.79 Å². The minimum atomic E-state index is -0.0628. The number of hydrogen-bond acceptors (Lipinski definition) is 3. The molecule has 2 nitrogen and oxygen atoms in total. The lowest BCUT2D eigenvalue weighted by molar-refractivity contribution is 0.101. The first kappa shape index (κ1) is 10.1. The fraction of sp³-hybridized carbons (Fsp3) is 0.600. The zero-order valence-corrected chi connectivity index (χ0v) is 9.40. The summed E-state index contributed by atoms with van der Waals surface area (Å²) in [6, 6.07) is 0. The van der Waals surface area contributed by atoms with Gasteiger partial charge in [-0.05, 0) is 12.8 Å². The summed E-state index contributed by atoms with van der Waals surface area (Å²) in [6.07, 6.45) is 5.04. The van der Waals surface area contributed by atoms with E-state index in [0.29, 0.717) is 11.6 Å². The molecular weight excluding hydrogens is 218 g/mol. The predicted octanol–water partition coefficient (Wildman–Crippen LogP) is 3.22. The minimum absolute atomic E-state index is 0.0356. The Bertz CT molecular complexity index is 331. The number of thiazole rings is 1. The van der Waals surface area contributed by atoms with Crippen molar-refractivity contribution in [2.75, 3.05) is 5.88 Å². The Hall–Kier alpha value is -0.410. The maximum atomic E-state index is 11.3. The second-order valence-corrected chi connectivity index (χ2v) is 4.77. The summed E-state index contributed by atoms with van der Waals surface area (Å²) in [7, 11) is 0. The highest BCUT2D eigenvalue weighted by atomic mass is 35.5. The quantitative estimate of drug-likeness (QED) is 0.589. The number of ketones is 1. The van der Waals surface area contributed by atoms with Gasteiger partial charge in [-0.2, -0.15) is 0 Å². The van der Waals surface area contributed by atoms with Crippen LogP contribution in [0, 0.1) is 0 Å². The van der Waals surface area contributed by atoms with Gasteiger partial charge in [0, 0.05) is 11.3 Å². The number of halogens is 1. The van der Waals surface area contributed by atoms with Crippen molar-refractivity contribution in [2.45, 2.75) is 31.6 Å². The van der Waals surface area contributed by atoms with E-state index >= 15 is 0 Å². The molecule has 4 heteroatoms. The first-order chi connectivity index (χ1) is 6.81. The number of aromatic nitrogens is 1. The highest BCUT2D eigenvalue weighted by Crippen LogP contribution is 2.35. The van der Waals surface area contributed by atoms with Gasteiger partial charge < -0.3 is 0 Å². The molecular formula is C10H12ClNOS. The SMILES string of the molecule is O=C(CCl)c1csc(C2CCCC2)n1. The summed E-state index contributed by atoms with van der Waals surface area (Å²) in [5, 5.41) is 2.95. The van der Waals surface area contributed by atoms with Gasteiger partial charge in [0.2, 0.25) is 0 Å². The van der Waals surface area contributed by atoms with Gasteiger partial charge in [-0.1, -0.05) is 12.8 Å². The molecule has 0 amide bonds. The fourth-order valence-corrected chi connectivity index (χ4v) is 2.98. The average molecular weight is 230 g/mol. The number of alkyl halides is 1. The summed E-state index contributed by atoms with van der Waals surface area (Å²) in [5.41, 5.74) is 0.548. The smallest absolute Gasteiger partial charge is 0.196 e. The Morgan fingerprint density at radius 1 is 1.57 bits per heavy atom. The van der Waals surface area contributed by atoms with Gasteiger partial charge in [-0.15, -0.1) is 22.9 Å². The van der Waals surface area contributed by atoms with Crippen molar-refractivity contribution in [3.05, 3.63) is 16.1 Å². The molecule has 2 rings (SSSR count). The van der Waals surface area contributed by atoms with Crippen LogP contribution in [-0.2, 0) is 0 Å². The van der Waals surface area contributed by atoms with Crippen molar-refractivity contribution >= 4 is 28.7 Å². The standard InChI is InChI=1S/C10H12ClNOS/c11-5-9(13)8-6-14-10(12-8)7-3-1-2-4-7/h6-7H,1-5H2. The van der Waals surface area contributed by atoms with E-state index in [0.717, 1.165) is 5.01 Å². The number of carbonyl (C=O) groups is 1. The minimum Gasteiger partial charge on any atom is -0.291 e. The molecule has 1 heterocycles. The summed E-state index contributed by atoms with van der Waals surface area (Å²) >= 11 is 7.07. The fourth-order valence-electron chi connectivity index (χ4n) is 1.84. The van der Waals surface area contributed by atoms with Crippen molar-refractivity contribution in [2.24, 2.45) is 0 Å². The second-order valence-electron chi connectivity index (χ2n) is 3.61. The van der Waals surface area contributed by atoms with Crippen molar-refractivity contribution in [1.29, 1.82) is 0 Å². The molecule has 0 saturated heterocycles. The summed E-state index contributed by atoms with van der Waals surface area (Å²) in [4.78, 5) is 15.6. The maximum absolute atomic E-state index is 11.3. The first-order valence-electron chi connectivity index (χ1n) is 4.86. The van der Waals surface area contributed by atoms with Crippen molar-refractivity contribution in [3.8, 4) is 0 Å². The zero-order chi connectivity index (χ0) is 9.97. The van der Waals surface area contributed by atoms with Crippen LogP contribution in [0.25, 0.3) is 0 Å². The third-order valence-electron chi connectivity index (χ3n) is 2.63. The lowest BCUT2D eigenvalue weighted by Gasteiger charge is -2.02. The van der Waals surface area contributed by atoms with Gasteiger partial charge in [0.1, 0.15) is 5.69 Å². The van der Waals surface area contributed by atoms with E-state index in [1.807, 2.05) is 5.38 Å². The molecule has 1 fully saturated rings. The molecule has 0 radical (unpaired) electrons. The molecule has 1 aromatic heterocycles. The lowest BCUT2D eigenvalue weighted by Crippen LogP contribution is -2.01. The monoisotopic (exact) mass is 229 g/mol. The number of nitrogens with zero attached hydrogens (tertiary/aromatic N) is 1. The topological polar surface area (TPSA) is 30.0 Å². The molecule has 1 aromatic rings. The Kier molecular flexibility index (Phi) is 3.19. The van der Waals surface area contributed by atoms with E-state index in [-0.39, 0.29) is 11.7 Å². The van der Waals surface area contributed by atoms with Gasteiger partial charge in [0.05, 0.1) is 10.9 Å². The normalized spacial score (nSPS) is 17.5. The van der Waals surface area contributed by atoms with E-state index < -0.39 is 0 Å². The molecule has 0 spiro atoms. The van der Waals surface area contributed by atoms with Crippen LogP contribution in [0.5, 0.6) is 0 Å². The molecule has 0 atom stereocenters. The third kappa shape index (κ3) is 1.98. The van der Waals surface area contributed by atoms with Crippen LogP contribution >= 0.6 is 22.9 Å². The summed E-state index contributed by atoms with van der Waals surface area (Å²) < 4.78 is 0. The second kappa shape index (κ2) is 4.41. The lowest BCUT2D eigenvalue weighted by atomic mass is 10.1. The molecule has 0 aliphatic heterocycles. The molecule has 14 heavy (non-hydrogen) atoms. The zero-order valence-electron chi connectivity index (χ0n) is 7.83.